The number of thiazole rings is 1. The highest BCUT2D eigenvalue weighted by molar-refractivity contribution is 7.07. The number of hydrogen-bond donors (Lipinski definition) is 2. The summed E-state index contributed by atoms with van der Waals surface area (Å²) in [6.45, 7) is 0.670. The maximum atomic E-state index is 11.0. The van der Waals surface area contributed by atoms with Gasteiger partial charge in [0.15, 0.2) is 0 Å². The second kappa shape index (κ2) is 5.05. The third-order valence-electron chi connectivity index (χ3n) is 2.61. The lowest BCUT2D eigenvalue weighted by atomic mass is 10.1. The zero-order valence-electron chi connectivity index (χ0n) is 9.96. The highest BCUT2D eigenvalue weighted by Crippen LogP contribution is 2.24. The van der Waals surface area contributed by atoms with Crippen molar-refractivity contribution in [3.8, 4) is 0 Å². The first-order valence-corrected chi connectivity index (χ1v) is 6.29. The third kappa shape index (κ3) is 2.60. The summed E-state index contributed by atoms with van der Waals surface area (Å²) < 4.78 is 0. The molecule has 2 aromatic rings. The van der Waals surface area contributed by atoms with Crippen molar-refractivity contribution in [2.24, 2.45) is 5.73 Å². The minimum atomic E-state index is -0.476. The van der Waals surface area contributed by atoms with Crippen LogP contribution in [0.1, 0.15) is 16.1 Å². The fourth-order valence-electron chi connectivity index (χ4n) is 1.70. The summed E-state index contributed by atoms with van der Waals surface area (Å²) >= 11 is 1.56. The van der Waals surface area contributed by atoms with Crippen LogP contribution in [0.4, 0.5) is 11.4 Å². The number of anilines is 2. The van der Waals surface area contributed by atoms with Crippen molar-refractivity contribution >= 4 is 28.6 Å². The number of nitrogens with two attached hydrogens (primary N) is 2. The lowest BCUT2D eigenvalue weighted by Crippen LogP contribution is -2.19. The Morgan fingerprint density at radius 1 is 1.50 bits per heavy atom. The van der Waals surface area contributed by atoms with Crippen LogP contribution in [-0.4, -0.2) is 17.9 Å². The molecule has 1 heterocycles. The van der Waals surface area contributed by atoms with Gasteiger partial charge in [-0.15, -0.1) is 11.3 Å². The van der Waals surface area contributed by atoms with Crippen molar-refractivity contribution in [1.29, 1.82) is 0 Å². The molecule has 0 aliphatic rings. The van der Waals surface area contributed by atoms with Crippen molar-refractivity contribution in [1.82, 2.24) is 4.98 Å². The molecule has 6 heteroatoms. The molecule has 0 radical (unpaired) electrons. The third-order valence-corrected chi connectivity index (χ3v) is 3.24. The van der Waals surface area contributed by atoms with E-state index in [9.17, 15) is 4.79 Å². The Hall–Kier alpha value is -2.08. The first-order valence-electron chi connectivity index (χ1n) is 5.35. The normalized spacial score (nSPS) is 10.3. The van der Waals surface area contributed by atoms with Gasteiger partial charge in [-0.25, -0.2) is 4.98 Å². The van der Waals surface area contributed by atoms with Crippen molar-refractivity contribution in [2.75, 3.05) is 17.7 Å². The van der Waals surface area contributed by atoms with E-state index in [4.69, 9.17) is 11.5 Å². The molecular weight excluding hydrogens is 248 g/mol. The minimum Gasteiger partial charge on any atom is -0.397 e. The summed E-state index contributed by atoms with van der Waals surface area (Å²) in [6, 6.07) is 5.06. The fraction of sp³-hybridized carbons (Fsp3) is 0.167. The van der Waals surface area contributed by atoms with Crippen LogP contribution < -0.4 is 16.4 Å². The molecule has 1 amide bonds. The molecule has 18 heavy (non-hydrogen) atoms. The van der Waals surface area contributed by atoms with Crippen molar-refractivity contribution < 1.29 is 4.79 Å². The molecule has 2 rings (SSSR count). The van der Waals surface area contributed by atoms with Gasteiger partial charge < -0.3 is 16.4 Å². The van der Waals surface area contributed by atoms with Gasteiger partial charge in [-0.2, -0.15) is 0 Å². The van der Waals surface area contributed by atoms with Crippen molar-refractivity contribution in [2.45, 2.75) is 6.54 Å². The zero-order valence-corrected chi connectivity index (χ0v) is 10.8. The van der Waals surface area contributed by atoms with E-state index in [0.717, 1.165) is 11.4 Å². The number of nitrogen functional groups attached to an aromatic ring is 1. The SMILES string of the molecule is CN(Cc1cscn1)c1ccc(C(N)=O)cc1N. The van der Waals surface area contributed by atoms with Gasteiger partial charge in [0.05, 0.1) is 29.1 Å². The lowest BCUT2D eigenvalue weighted by Gasteiger charge is -2.20. The van der Waals surface area contributed by atoms with E-state index in [1.54, 1.807) is 35.0 Å². The van der Waals surface area contributed by atoms with E-state index in [0.29, 0.717) is 17.8 Å². The molecule has 0 saturated carbocycles. The molecule has 0 saturated heterocycles. The maximum Gasteiger partial charge on any atom is 0.248 e. The number of amides is 1. The lowest BCUT2D eigenvalue weighted by molar-refractivity contribution is 0.100. The predicted octanol–water partition coefficient (Wildman–Crippen LogP) is 1.46. The summed E-state index contributed by atoms with van der Waals surface area (Å²) in [6.07, 6.45) is 0. The van der Waals surface area contributed by atoms with E-state index in [-0.39, 0.29) is 0 Å². The van der Waals surface area contributed by atoms with Crippen LogP contribution in [0.3, 0.4) is 0 Å². The smallest absolute Gasteiger partial charge is 0.248 e. The zero-order chi connectivity index (χ0) is 13.1. The molecule has 1 aromatic heterocycles. The second-order valence-corrected chi connectivity index (χ2v) is 4.69. The molecule has 94 valence electrons. The quantitative estimate of drug-likeness (QED) is 0.817. The maximum absolute atomic E-state index is 11.0. The van der Waals surface area contributed by atoms with E-state index in [2.05, 4.69) is 4.98 Å². The highest BCUT2D eigenvalue weighted by Gasteiger charge is 2.09. The summed E-state index contributed by atoms with van der Waals surface area (Å²) in [5.74, 6) is -0.476. The number of benzene rings is 1. The topological polar surface area (TPSA) is 85.2 Å². The van der Waals surface area contributed by atoms with Gasteiger partial charge >= 0.3 is 0 Å². The van der Waals surface area contributed by atoms with Crippen LogP contribution in [0.25, 0.3) is 0 Å². The highest BCUT2D eigenvalue weighted by atomic mass is 32.1. The standard InChI is InChI=1S/C12H14N4OS/c1-16(5-9-6-18-7-15-9)11-3-2-8(12(14)17)4-10(11)13/h2-4,6-7H,5,13H2,1H3,(H2,14,17). The van der Waals surface area contributed by atoms with Crippen molar-refractivity contribution in [3.05, 3.63) is 40.3 Å². The van der Waals surface area contributed by atoms with Gasteiger partial charge in [-0.1, -0.05) is 0 Å². The van der Waals surface area contributed by atoms with E-state index in [1.165, 1.54) is 0 Å². The average Bonchev–Trinajstić information content (AvgIpc) is 2.81. The monoisotopic (exact) mass is 262 g/mol. The molecule has 0 aliphatic heterocycles. The van der Waals surface area contributed by atoms with E-state index in [1.807, 2.05) is 17.3 Å². The van der Waals surface area contributed by atoms with Gasteiger partial charge in [0.25, 0.3) is 0 Å². The Morgan fingerprint density at radius 3 is 2.83 bits per heavy atom. The van der Waals surface area contributed by atoms with Crippen LogP contribution in [0.5, 0.6) is 0 Å². The number of nitrogens with zero attached hydrogens (tertiary/aromatic N) is 2. The second-order valence-electron chi connectivity index (χ2n) is 3.97. The Bertz CT molecular complexity index is 553. The Labute approximate surface area is 109 Å². The van der Waals surface area contributed by atoms with Crippen molar-refractivity contribution in [3.63, 3.8) is 0 Å². The number of hydrogen-bond acceptors (Lipinski definition) is 5. The Morgan fingerprint density at radius 2 is 2.28 bits per heavy atom. The molecule has 0 unspecified atom stereocenters. The molecule has 4 N–H and O–H groups in total. The summed E-state index contributed by atoms with van der Waals surface area (Å²) in [4.78, 5) is 17.2. The summed E-state index contributed by atoms with van der Waals surface area (Å²) in [7, 11) is 1.93. The van der Waals surface area contributed by atoms with Crippen LogP contribution >= 0.6 is 11.3 Å². The molecule has 0 atom stereocenters. The molecular formula is C12H14N4OS. The fourth-order valence-corrected chi connectivity index (χ4v) is 2.25. The summed E-state index contributed by atoms with van der Waals surface area (Å²) in [5.41, 5.74) is 15.7. The van der Waals surface area contributed by atoms with Gasteiger partial charge in [-0.3, -0.25) is 4.79 Å². The molecule has 0 aliphatic carbocycles. The molecule has 5 nitrogen and oxygen atoms in total. The Balaban J connectivity index is 2.20. The number of primary amides is 1. The Kier molecular flexibility index (Phi) is 3.47. The van der Waals surface area contributed by atoms with Gasteiger partial charge in [0.1, 0.15) is 0 Å². The molecule has 0 bridgehead atoms. The molecule has 1 aromatic carbocycles. The number of rotatable bonds is 4. The first-order chi connectivity index (χ1) is 8.58. The van der Waals surface area contributed by atoms with Gasteiger partial charge in [-0.05, 0) is 18.2 Å². The van der Waals surface area contributed by atoms with Gasteiger partial charge in [0.2, 0.25) is 5.91 Å². The number of carbonyl (C=O) groups is 1. The number of carbonyl (C=O) groups excluding carboxylic acids is 1. The first kappa shape index (κ1) is 12.4. The van der Waals surface area contributed by atoms with Gasteiger partial charge in [0, 0.05) is 18.0 Å². The van der Waals surface area contributed by atoms with Crippen LogP contribution in [0, 0.1) is 0 Å². The molecule has 0 fully saturated rings. The van der Waals surface area contributed by atoms with E-state index < -0.39 is 5.91 Å². The predicted molar refractivity (Wildman–Crippen MR) is 73.6 cm³/mol. The van der Waals surface area contributed by atoms with E-state index >= 15 is 0 Å². The van der Waals surface area contributed by atoms with Crippen LogP contribution in [0.2, 0.25) is 0 Å². The average molecular weight is 262 g/mol. The largest absolute Gasteiger partial charge is 0.397 e. The van der Waals surface area contributed by atoms with Crippen LogP contribution in [-0.2, 0) is 6.54 Å². The number of aromatic nitrogens is 1. The summed E-state index contributed by atoms with van der Waals surface area (Å²) in [5, 5.41) is 1.99. The minimum absolute atomic E-state index is 0.415. The molecule has 0 spiro atoms. The van der Waals surface area contributed by atoms with Crippen LogP contribution in [0.15, 0.2) is 29.1 Å².